The summed E-state index contributed by atoms with van der Waals surface area (Å²) in [5.74, 6) is 0.0993. The van der Waals surface area contributed by atoms with Gasteiger partial charge in [0, 0.05) is 0 Å². The number of hydrogen-bond acceptors (Lipinski definition) is 5. The number of hydrogen-bond donors (Lipinski definition) is 1. The van der Waals surface area contributed by atoms with Crippen LogP contribution in [0.3, 0.4) is 0 Å². The molecular formula is C30H30N2O4S. The van der Waals surface area contributed by atoms with Gasteiger partial charge in [0.25, 0.3) is 11.8 Å². The van der Waals surface area contributed by atoms with Gasteiger partial charge in [-0.15, -0.1) is 0 Å². The summed E-state index contributed by atoms with van der Waals surface area (Å²) in [5, 5.41) is 2.67. The van der Waals surface area contributed by atoms with Crippen molar-refractivity contribution in [1.82, 2.24) is 5.32 Å². The number of rotatable bonds is 7. The van der Waals surface area contributed by atoms with Crippen molar-refractivity contribution in [2.24, 2.45) is 0 Å². The third-order valence-corrected chi connectivity index (χ3v) is 6.47. The van der Waals surface area contributed by atoms with E-state index in [1.54, 1.807) is 36.4 Å². The molecule has 4 rings (SSSR count). The molecular weight excluding hydrogens is 484 g/mol. The molecule has 0 aliphatic carbocycles. The lowest BCUT2D eigenvalue weighted by Gasteiger charge is -2.29. The van der Waals surface area contributed by atoms with Gasteiger partial charge in [0.2, 0.25) is 0 Å². The van der Waals surface area contributed by atoms with E-state index in [0.29, 0.717) is 36.0 Å². The van der Waals surface area contributed by atoms with Crippen LogP contribution >= 0.6 is 12.2 Å². The minimum Gasteiger partial charge on any atom is -0.490 e. The molecule has 1 N–H and O–H groups in total. The largest absolute Gasteiger partial charge is 0.490 e. The fraction of sp³-hybridized carbons (Fsp3) is 0.233. The molecule has 0 saturated carbocycles. The Bertz CT molecular complexity index is 1390. The highest BCUT2D eigenvalue weighted by Gasteiger charge is 2.34. The summed E-state index contributed by atoms with van der Waals surface area (Å²) in [6.07, 6.45) is 1.54. The fourth-order valence-electron chi connectivity index (χ4n) is 4.34. The summed E-state index contributed by atoms with van der Waals surface area (Å²) >= 11 is 5.29. The molecule has 0 spiro atoms. The number of carbonyl (C=O) groups excluding carboxylic acids is 2. The first-order valence-electron chi connectivity index (χ1n) is 12.1. The molecule has 1 aliphatic heterocycles. The first kappa shape index (κ1) is 26.1. The third-order valence-electron chi connectivity index (χ3n) is 6.18. The van der Waals surface area contributed by atoms with E-state index in [0.717, 1.165) is 11.1 Å². The molecule has 37 heavy (non-hydrogen) atoms. The third kappa shape index (κ3) is 5.73. The Morgan fingerprint density at radius 1 is 0.865 bits per heavy atom. The SMILES string of the molecule is CCOc1cc(/C=C2\C(=O)NC(=S)N(c3ccc(C)cc3)C2=O)ccc1OCc1c(C)cc(C)cc1C. The Kier molecular flexibility index (Phi) is 7.74. The van der Waals surface area contributed by atoms with Crippen molar-refractivity contribution < 1.29 is 19.1 Å². The van der Waals surface area contributed by atoms with Crippen LogP contribution in [0.25, 0.3) is 6.08 Å². The lowest BCUT2D eigenvalue weighted by atomic mass is 10.0. The Balaban J connectivity index is 1.62. The van der Waals surface area contributed by atoms with Crippen molar-refractivity contribution in [2.75, 3.05) is 11.5 Å². The summed E-state index contributed by atoms with van der Waals surface area (Å²) in [4.78, 5) is 27.3. The lowest BCUT2D eigenvalue weighted by molar-refractivity contribution is -0.122. The monoisotopic (exact) mass is 514 g/mol. The number of thiocarbonyl (C=S) groups is 1. The molecule has 0 atom stereocenters. The van der Waals surface area contributed by atoms with Crippen LogP contribution in [0.1, 0.15) is 40.3 Å². The van der Waals surface area contributed by atoms with E-state index in [-0.39, 0.29) is 10.7 Å². The fourth-order valence-corrected chi connectivity index (χ4v) is 4.62. The van der Waals surface area contributed by atoms with Gasteiger partial charge < -0.3 is 9.47 Å². The minimum absolute atomic E-state index is 0.0174. The summed E-state index contributed by atoms with van der Waals surface area (Å²) < 4.78 is 12.0. The van der Waals surface area contributed by atoms with Gasteiger partial charge >= 0.3 is 0 Å². The Morgan fingerprint density at radius 3 is 2.19 bits per heavy atom. The molecule has 190 valence electrons. The topological polar surface area (TPSA) is 67.9 Å². The maximum Gasteiger partial charge on any atom is 0.270 e. The zero-order chi connectivity index (χ0) is 26.7. The van der Waals surface area contributed by atoms with E-state index in [1.165, 1.54) is 21.6 Å². The second kappa shape index (κ2) is 11.0. The maximum absolute atomic E-state index is 13.3. The first-order chi connectivity index (χ1) is 17.7. The molecule has 3 aromatic rings. The maximum atomic E-state index is 13.3. The van der Waals surface area contributed by atoms with Crippen molar-refractivity contribution >= 4 is 40.9 Å². The molecule has 7 heteroatoms. The Morgan fingerprint density at radius 2 is 1.54 bits per heavy atom. The number of ether oxygens (including phenoxy) is 2. The van der Waals surface area contributed by atoms with E-state index >= 15 is 0 Å². The molecule has 3 aromatic carbocycles. The molecule has 0 radical (unpaired) electrons. The smallest absolute Gasteiger partial charge is 0.270 e. The quantitative estimate of drug-likeness (QED) is 0.248. The molecule has 0 bridgehead atoms. The number of anilines is 1. The molecule has 2 amide bonds. The van der Waals surface area contributed by atoms with Crippen LogP contribution in [0.5, 0.6) is 11.5 Å². The average molecular weight is 515 g/mol. The zero-order valence-corrected chi connectivity index (χ0v) is 22.5. The molecule has 1 heterocycles. The van der Waals surface area contributed by atoms with Crippen LogP contribution in [0, 0.1) is 27.7 Å². The number of nitrogens with one attached hydrogen (secondary N) is 1. The highest BCUT2D eigenvalue weighted by Crippen LogP contribution is 2.32. The normalized spacial score (nSPS) is 14.7. The highest BCUT2D eigenvalue weighted by atomic mass is 32.1. The first-order valence-corrected chi connectivity index (χ1v) is 12.5. The predicted molar refractivity (Wildman–Crippen MR) is 150 cm³/mol. The van der Waals surface area contributed by atoms with Gasteiger partial charge in [-0.05, 0) is 99.4 Å². The standard InChI is InChI=1S/C30H30N2O4S/c1-6-35-27-16-22(9-12-26(27)36-17-25-20(4)13-19(3)14-21(25)5)15-24-28(33)31-30(37)32(29(24)34)23-10-7-18(2)8-11-23/h7-16H,6,17H2,1-5H3,(H,31,33,37)/b24-15+. The van der Waals surface area contributed by atoms with Crippen LogP contribution < -0.4 is 19.7 Å². The molecule has 0 aromatic heterocycles. The van der Waals surface area contributed by atoms with Gasteiger partial charge in [-0.3, -0.25) is 19.8 Å². The number of aryl methyl sites for hydroxylation is 4. The second-order valence-corrected chi connectivity index (χ2v) is 9.49. The number of carbonyl (C=O) groups is 2. The molecule has 1 aliphatic rings. The van der Waals surface area contributed by atoms with Crippen LogP contribution in [0.4, 0.5) is 5.69 Å². The van der Waals surface area contributed by atoms with E-state index in [9.17, 15) is 9.59 Å². The van der Waals surface area contributed by atoms with Gasteiger partial charge in [-0.2, -0.15) is 0 Å². The predicted octanol–water partition coefficient (Wildman–Crippen LogP) is 5.73. The van der Waals surface area contributed by atoms with Crippen molar-refractivity contribution in [1.29, 1.82) is 0 Å². The van der Waals surface area contributed by atoms with Crippen molar-refractivity contribution in [3.8, 4) is 11.5 Å². The van der Waals surface area contributed by atoms with Gasteiger partial charge in [-0.1, -0.05) is 41.5 Å². The Hall–Kier alpha value is -3.97. The van der Waals surface area contributed by atoms with Crippen LogP contribution in [0.15, 0.2) is 60.2 Å². The summed E-state index contributed by atoms with van der Waals surface area (Å²) in [5.41, 5.74) is 6.96. The van der Waals surface area contributed by atoms with Crippen LogP contribution in [0.2, 0.25) is 0 Å². The van der Waals surface area contributed by atoms with Gasteiger partial charge in [-0.25, -0.2) is 0 Å². The summed E-state index contributed by atoms with van der Waals surface area (Å²) in [6.45, 7) is 10.9. The van der Waals surface area contributed by atoms with Gasteiger partial charge in [0.05, 0.1) is 12.3 Å². The highest BCUT2D eigenvalue weighted by molar-refractivity contribution is 7.80. The lowest BCUT2D eigenvalue weighted by Crippen LogP contribution is -2.54. The van der Waals surface area contributed by atoms with Gasteiger partial charge in [0.15, 0.2) is 16.6 Å². The molecule has 0 unspecified atom stereocenters. The minimum atomic E-state index is -0.540. The van der Waals surface area contributed by atoms with Crippen LogP contribution in [-0.2, 0) is 16.2 Å². The van der Waals surface area contributed by atoms with Crippen molar-refractivity contribution in [2.45, 2.75) is 41.2 Å². The van der Waals surface area contributed by atoms with Crippen molar-refractivity contribution in [3.63, 3.8) is 0 Å². The van der Waals surface area contributed by atoms with E-state index in [2.05, 4.69) is 38.2 Å². The average Bonchev–Trinajstić information content (AvgIpc) is 2.83. The Labute approximate surface area is 222 Å². The number of amides is 2. The summed E-state index contributed by atoms with van der Waals surface area (Å²) in [6, 6.07) is 17.0. The molecule has 1 fully saturated rings. The van der Waals surface area contributed by atoms with Gasteiger partial charge in [0.1, 0.15) is 12.2 Å². The van der Waals surface area contributed by atoms with Crippen LogP contribution in [-0.4, -0.2) is 23.5 Å². The van der Waals surface area contributed by atoms with E-state index in [1.807, 2.05) is 26.0 Å². The van der Waals surface area contributed by atoms with Crippen molar-refractivity contribution in [3.05, 3.63) is 93.6 Å². The number of benzene rings is 3. The van der Waals surface area contributed by atoms with E-state index in [4.69, 9.17) is 21.7 Å². The zero-order valence-electron chi connectivity index (χ0n) is 21.7. The number of nitrogens with zero attached hydrogens (tertiary/aromatic N) is 1. The van der Waals surface area contributed by atoms with E-state index < -0.39 is 11.8 Å². The molecule has 1 saturated heterocycles. The second-order valence-electron chi connectivity index (χ2n) is 9.10. The molecule has 6 nitrogen and oxygen atoms in total. The summed E-state index contributed by atoms with van der Waals surface area (Å²) in [7, 11) is 0.